The quantitative estimate of drug-likeness (QED) is 0.698. The van der Waals surface area contributed by atoms with Gasteiger partial charge in [0.1, 0.15) is 16.5 Å². The van der Waals surface area contributed by atoms with Crippen molar-refractivity contribution in [1.82, 2.24) is 15.3 Å². The van der Waals surface area contributed by atoms with E-state index >= 15 is 0 Å². The first kappa shape index (κ1) is 16.9. The van der Waals surface area contributed by atoms with E-state index in [0.29, 0.717) is 0 Å². The molecular formula is C19H23N3OS. The molecule has 5 heteroatoms. The van der Waals surface area contributed by atoms with Crippen molar-refractivity contribution in [2.45, 2.75) is 46.7 Å². The molecule has 0 fully saturated rings. The van der Waals surface area contributed by atoms with Crippen molar-refractivity contribution < 1.29 is 4.42 Å². The Kier molecular flexibility index (Phi) is 4.83. The Balaban J connectivity index is 1.79. The third-order valence-electron chi connectivity index (χ3n) is 4.18. The number of hydrogen-bond donors (Lipinski definition) is 1. The second kappa shape index (κ2) is 6.87. The molecule has 1 N–H and O–H groups in total. The highest BCUT2D eigenvalue weighted by Crippen LogP contribution is 2.33. The first-order chi connectivity index (χ1) is 11.5. The van der Waals surface area contributed by atoms with Crippen LogP contribution in [-0.4, -0.2) is 9.97 Å². The van der Waals surface area contributed by atoms with Crippen molar-refractivity contribution in [3.63, 3.8) is 0 Å². The summed E-state index contributed by atoms with van der Waals surface area (Å²) < 4.78 is 5.65. The van der Waals surface area contributed by atoms with Crippen LogP contribution in [0.3, 0.4) is 0 Å². The van der Waals surface area contributed by atoms with Gasteiger partial charge >= 0.3 is 0 Å². The van der Waals surface area contributed by atoms with E-state index in [4.69, 9.17) is 9.40 Å². The highest BCUT2D eigenvalue weighted by Gasteiger charge is 2.19. The van der Waals surface area contributed by atoms with E-state index in [9.17, 15) is 0 Å². The minimum Gasteiger partial charge on any atom is -0.466 e. The molecule has 3 aromatic rings. The van der Waals surface area contributed by atoms with Crippen LogP contribution in [0, 0.1) is 20.8 Å². The molecule has 3 heterocycles. The highest BCUT2D eigenvalue weighted by molar-refractivity contribution is 7.15. The predicted molar refractivity (Wildman–Crippen MR) is 98.2 cm³/mol. The van der Waals surface area contributed by atoms with Crippen LogP contribution in [0.4, 0.5) is 0 Å². The van der Waals surface area contributed by atoms with Crippen molar-refractivity contribution in [2.75, 3.05) is 0 Å². The molecule has 24 heavy (non-hydrogen) atoms. The second-order valence-electron chi connectivity index (χ2n) is 6.19. The number of nitrogens with one attached hydrogen (secondary N) is 1. The monoisotopic (exact) mass is 341 g/mol. The van der Waals surface area contributed by atoms with Crippen molar-refractivity contribution in [1.29, 1.82) is 0 Å². The van der Waals surface area contributed by atoms with Crippen LogP contribution in [-0.2, 0) is 0 Å². The Morgan fingerprint density at radius 3 is 2.58 bits per heavy atom. The molecule has 3 aromatic heterocycles. The van der Waals surface area contributed by atoms with E-state index in [0.717, 1.165) is 27.8 Å². The van der Waals surface area contributed by atoms with E-state index in [1.54, 1.807) is 17.5 Å². The van der Waals surface area contributed by atoms with E-state index < -0.39 is 0 Å². The van der Waals surface area contributed by atoms with Gasteiger partial charge in [-0.15, -0.1) is 11.3 Å². The lowest BCUT2D eigenvalue weighted by Crippen LogP contribution is -2.22. The van der Waals surface area contributed by atoms with Crippen LogP contribution in [0.1, 0.15) is 53.6 Å². The van der Waals surface area contributed by atoms with Gasteiger partial charge in [0.05, 0.1) is 5.69 Å². The summed E-state index contributed by atoms with van der Waals surface area (Å²) >= 11 is 1.73. The van der Waals surface area contributed by atoms with Gasteiger partial charge in [-0.2, -0.15) is 0 Å². The lowest BCUT2D eigenvalue weighted by Gasteiger charge is -2.19. The first-order valence-electron chi connectivity index (χ1n) is 8.16. The van der Waals surface area contributed by atoms with Crippen LogP contribution >= 0.6 is 11.3 Å². The highest BCUT2D eigenvalue weighted by atomic mass is 32.1. The van der Waals surface area contributed by atoms with Crippen LogP contribution in [0.5, 0.6) is 0 Å². The van der Waals surface area contributed by atoms with Crippen molar-refractivity contribution in [3.8, 4) is 10.6 Å². The summed E-state index contributed by atoms with van der Waals surface area (Å²) in [6.45, 7) is 10.4. The normalized spacial score (nSPS) is 13.9. The Morgan fingerprint density at radius 2 is 1.96 bits per heavy atom. The van der Waals surface area contributed by atoms with E-state index in [-0.39, 0.29) is 12.1 Å². The van der Waals surface area contributed by atoms with Crippen LogP contribution < -0.4 is 5.32 Å². The second-order valence-corrected chi connectivity index (χ2v) is 7.22. The van der Waals surface area contributed by atoms with Crippen molar-refractivity contribution >= 4 is 11.3 Å². The summed E-state index contributed by atoms with van der Waals surface area (Å²) in [4.78, 5) is 10.2. The Hall–Kier alpha value is -1.98. The molecule has 0 saturated heterocycles. The van der Waals surface area contributed by atoms with Gasteiger partial charge in [-0.1, -0.05) is 0 Å². The molecular weight excluding hydrogens is 318 g/mol. The summed E-state index contributed by atoms with van der Waals surface area (Å²) in [5.74, 6) is 1.94. The van der Waals surface area contributed by atoms with Crippen molar-refractivity contribution in [3.05, 3.63) is 58.2 Å². The zero-order valence-corrected chi connectivity index (χ0v) is 15.6. The summed E-state index contributed by atoms with van der Waals surface area (Å²) in [5, 5.41) is 4.69. The lowest BCUT2D eigenvalue weighted by molar-refractivity contribution is 0.470. The van der Waals surface area contributed by atoms with Gasteiger partial charge in [0.15, 0.2) is 0 Å². The third-order valence-corrected chi connectivity index (χ3v) is 5.57. The molecule has 0 amide bonds. The Bertz CT molecular complexity index is 823. The number of hydrogen-bond acceptors (Lipinski definition) is 5. The van der Waals surface area contributed by atoms with Gasteiger partial charge in [-0.3, -0.25) is 4.98 Å². The van der Waals surface area contributed by atoms with E-state index in [1.807, 2.05) is 32.2 Å². The molecule has 0 saturated carbocycles. The first-order valence-corrected chi connectivity index (χ1v) is 8.98. The molecule has 0 unspecified atom stereocenters. The number of aryl methyl sites for hydroxylation is 3. The molecule has 0 aliphatic heterocycles. The molecule has 2 atom stereocenters. The number of rotatable bonds is 5. The molecule has 0 aromatic carbocycles. The predicted octanol–water partition coefficient (Wildman–Crippen LogP) is 5.14. The topological polar surface area (TPSA) is 51.0 Å². The fourth-order valence-electron chi connectivity index (χ4n) is 3.04. The van der Waals surface area contributed by atoms with Crippen LogP contribution in [0.25, 0.3) is 10.6 Å². The van der Waals surface area contributed by atoms with Gasteiger partial charge in [0.2, 0.25) is 0 Å². The average molecular weight is 341 g/mol. The number of pyridine rings is 1. The third kappa shape index (κ3) is 3.42. The standard InChI is InChI=1S/C19H23N3OS/c1-11-9-17(15(5)23-11)12(2)21-13(3)18-14(4)22-19(24-18)16-7-6-8-20-10-16/h6-10,12-13,21H,1-5H3/t12-,13+/m0/s1. The molecule has 126 valence electrons. The minimum atomic E-state index is 0.220. The summed E-state index contributed by atoms with van der Waals surface area (Å²) in [7, 11) is 0. The average Bonchev–Trinajstić information content (AvgIpc) is 3.10. The summed E-state index contributed by atoms with van der Waals surface area (Å²) in [5.41, 5.74) is 3.36. The van der Waals surface area contributed by atoms with Gasteiger partial charge in [0.25, 0.3) is 0 Å². The summed E-state index contributed by atoms with van der Waals surface area (Å²) in [6, 6.07) is 6.55. The van der Waals surface area contributed by atoms with Gasteiger partial charge in [-0.05, 0) is 52.8 Å². The fourth-order valence-corrected chi connectivity index (χ4v) is 4.11. The molecule has 3 rings (SSSR count). The lowest BCUT2D eigenvalue weighted by atomic mass is 10.1. The maximum Gasteiger partial charge on any atom is 0.125 e. The largest absolute Gasteiger partial charge is 0.466 e. The minimum absolute atomic E-state index is 0.220. The maximum atomic E-state index is 5.65. The zero-order chi connectivity index (χ0) is 17.3. The van der Waals surface area contributed by atoms with Crippen molar-refractivity contribution in [2.24, 2.45) is 0 Å². The molecule has 0 aliphatic carbocycles. The number of nitrogens with zero attached hydrogens (tertiary/aromatic N) is 2. The Morgan fingerprint density at radius 1 is 1.17 bits per heavy atom. The molecule has 0 aliphatic rings. The number of furan rings is 1. The number of aromatic nitrogens is 2. The molecule has 0 spiro atoms. The molecule has 4 nitrogen and oxygen atoms in total. The van der Waals surface area contributed by atoms with Gasteiger partial charge < -0.3 is 9.73 Å². The van der Waals surface area contributed by atoms with Gasteiger partial charge in [-0.25, -0.2) is 4.98 Å². The maximum absolute atomic E-state index is 5.65. The fraction of sp³-hybridized carbons (Fsp3) is 0.368. The molecule has 0 bridgehead atoms. The van der Waals surface area contributed by atoms with Crippen LogP contribution in [0.15, 0.2) is 35.0 Å². The van der Waals surface area contributed by atoms with Crippen LogP contribution in [0.2, 0.25) is 0 Å². The van der Waals surface area contributed by atoms with E-state index in [1.165, 1.54) is 10.4 Å². The molecule has 0 radical (unpaired) electrons. The zero-order valence-electron chi connectivity index (χ0n) is 14.8. The SMILES string of the molecule is Cc1cc([C@H](C)N[C@H](C)c2sc(-c3cccnc3)nc2C)c(C)o1. The van der Waals surface area contributed by atoms with E-state index in [2.05, 4.69) is 37.1 Å². The smallest absolute Gasteiger partial charge is 0.125 e. The Labute approximate surface area is 147 Å². The van der Waals surface area contributed by atoms with Gasteiger partial charge in [0, 0.05) is 40.5 Å². The number of thiazole rings is 1. The summed E-state index contributed by atoms with van der Waals surface area (Å²) in [6.07, 6.45) is 3.65.